The largest absolute Gasteiger partial charge is 0.344 e. The van der Waals surface area contributed by atoms with Crippen LogP contribution in [0.1, 0.15) is 72.9 Å². The highest BCUT2D eigenvalue weighted by Crippen LogP contribution is 2.33. The monoisotopic (exact) mass is 492 g/mol. The first-order chi connectivity index (χ1) is 17.7. The Bertz CT molecular complexity index is 1220. The van der Waals surface area contributed by atoms with E-state index in [1.54, 1.807) is 0 Å². The van der Waals surface area contributed by atoms with Crippen molar-refractivity contribution in [3.05, 3.63) is 113 Å². The molecule has 0 atom stereocenters. The number of hydrogen-bond donors (Lipinski definition) is 1. The Morgan fingerprint density at radius 2 is 1.46 bits per heavy atom. The third kappa shape index (κ3) is 6.25. The smallest absolute Gasteiger partial charge is 0.212 e. The number of amidine groups is 1. The van der Waals surface area contributed by atoms with Crippen molar-refractivity contribution in [2.75, 3.05) is 23.3 Å². The number of rotatable bonds is 8. The molecule has 2 radical (unpaired) electrons. The molecule has 3 aromatic rings. The molecule has 0 amide bonds. The van der Waals surface area contributed by atoms with Gasteiger partial charge in [-0.25, -0.2) is 0 Å². The summed E-state index contributed by atoms with van der Waals surface area (Å²) >= 11 is 0. The van der Waals surface area contributed by atoms with E-state index in [0.717, 1.165) is 17.9 Å². The molecule has 192 valence electrons. The molecule has 0 unspecified atom stereocenters. The lowest BCUT2D eigenvalue weighted by Crippen LogP contribution is -2.24. The summed E-state index contributed by atoms with van der Waals surface area (Å²) in [6.45, 7) is 20.3. The molecule has 0 aromatic heterocycles. The van der Waals surface area contributed by atoms with E-state index in [1.807, 2.05) is 6.07 Å². The lowest BCUT2D eigenvalue weighted by molar-refractivity contribution is 0.479. The maximum absolute atomic E-state index is 5.07. The number of nitrogens with one attached hydrogen (secondary N) is 1. The fourth-order valence-electron chi connectivity index (χ4n) is 5.04. The molecule has 1 aliphatic rings. The number of para-hydroxylation sites is 1. The first kappa shape index (κ1) is 26.5. The SMILES string of the molecule is Cc1cc(C)c(N2[C]N(CCN=C(Nc3c(C(C)C)cccc3C(C)C)c3ccccc3)C=C2)c(C)c1. The van der Waals surface area contributed by atoms with Crippen molar-refractivity contribution in [3.8, 4) is 0 Å². The van der Waals surface area contributed by atoms with Gasteiger partial charge < -0.3 is 15.1 Å². The van der Waals surface area contributed by atoms with E-state index in [0.29, 0.717) is 18.4 Å². The van der Waals surface area contributed by atoms with Gasteiger partial charge in [-0.2, -0.15) is 0 Å². The van der Waals surface area contributed by atoms with Crippen molar-refractivity contribution in [2.45, 2.75) is 60.3 Å². The van der Waals surface area contributed by atoms with Crippen molar-refractivity contribution < 1.29 is 0 Å². The van der Waals surface area contributed by atoms with Crippen LogP contribution < -0.4 is 10.2 Å². The minimum Gasteiger partial charge on any atom is -0.344 e. The maximum Gasteiger partial charge on any atom is 0.212 e. The number of aryl methyl sites for hydroxylation is 3. The Morgan fingerprint density at radius 1 is 0.838 bits per heavy atom. The van der Waals surface area contributed by atoms with Crippen LogP contribution in [0.15, 0.2) is 78.1 Å². The summed E-state index contributed by atoms with van der Waals surface area (Å²) in [6, 6.07) is 21.5. The van der Waals surface area contributed by atoms with Gasteiger partial charge in [0.25, 0.3) is 0 Å². The van der Waals surface area contributed by atoms with Gasteiger partial charge in [-0.05, 0) is 54.9 Å². The fraction of sp³-hybridized carbons (Fsp3) is 0.333. The van der Waals surface area contributed by atoms with E-state index in [9.17, 15) is 0 Å². The van der Waals surface area contributed by atoms with Crippen LogP contribution >= 0.6 is 0 Å². The van der Waals surface area contributed by atoms with Crippen molar-refractivity contribution in [3.63, 3.8) is 0 Å². The van der Waals surface area contributed by atoms with Gasteiger partial charge >= 0.3 is 0 Å². The average Bonchev–Trinajstić information content (AvgIpc) is 3.31. The summed E-state index contributed by atoms with van der Waals surface area (Å²) in [4.78, 5) is 9.25. The molecule has 4 nitrogen and oxygen atoms in total. The summed E-state index contributed by atoms with van der Waals surface area (Å²) in [5.41, 5.74) is 9.92. The molecule has 1 N–H and O–H groups in total. The molecule has 0 fully saturated rings. The van der Waals surface area contributed by atoms with Crippen LogP contribution in [0.2, 0.25) is 0 Å². The highest BCUT2D eigenvalue weighted by Gasteiger charge is 2.20. The Morgan fingerprint density at radius 3 is 2.05 bits per heavy atom. The molecule has 1 aliphatic heterocycles. The third-order valence-corrected chi connectivity index (χ3v) is 6.78. The van der Waals surface area contributed by atoms with Crippen LogP contribution in [0.25, 0.3) is 0 Å². The Balaban J connectivity index is 1.53. The molecular weight excluding hydrogens is 452 g/mol. The van der Waals surface area contributed by atoms with Crippen LogP contribution in [0, 0.1) is 27.4 Å². The van der Waals surface area contributed by atoms with E-state index in [1.165, 1.54) is 39.2 Å². The summed E-state index contributed by atoms with van der Waals surface area (Å²) in [6.07, 6.45) is 4.16. The summed E-state index contributed by atoms with van der Waals surface area (Å²) in [5, 5.41) is 3.76. The number of anilines is 2. The molecule has 0 saturated carbocycles. The van der Waals surface area contributed by atoms with Gasteiger partial charge in [-0.3, -0.25) is 4.99 Å². The Hall–Kier alpha value is -3.53. The van der Waals surface area contributed by atoms with Crippen molar-refractivity contribution in [1.29, 1.82) is 0 Å². The summed E-state index contributed by atoms with van der Waals surface area (Å²) < 4.78 is 0. The second kappa shape index (κ2) is 11.7. The zero-order valence-corrected chi connectivity index (χ0v) is 23.3. The first-order valence-corrected chi connectivity index (χ1v) is 13.3. The van der Waals surface area contributed by atoms with E-state index in [-0.39, 0.29) is 0 Å². The summed E-state index contributed by atoms with van der Waals surface area (Å²) in [5.74, 6) is 1.73. The molecule has 0 aliphatic carbocycles. The average molecular weight is 493 g/mol. The van der Waals surface area contributed by atoms with Gasteiger partial charge in [0.05, 0.1) is 6.54 Å². The van der Waals surface area contributed by atoms with Crippen molar-refractivity contribution in [1.82, 2.24) is 4.90 Å². The number of nitrogens with zero attached hydrogens (tertiary/aromatic N) is 3. The fourth-order valence-corrected chi connectivity index (χ4v) is 5.04. The molecule has 0 spiro atoms. The Kier molecular flexibility index (Phi) is 8.38. The second-order valence-electron chi connectivity index (χ2n) is 10.6. The van der Waals surface area contributed by atoms with E-state index in [2.05, 4.69) is 137 Å². The maximum atomic E-state index is 5.07. The molecule has 3 aromatic carbocycles. The number of hydrogen-bond acceptors (Lipinski definition) is 3. The highest BCUT2D eigenvalue weighted by molar-refractivity contribution is 6.09. The highest BCUT2D eigenvalue weighted by atomic mass is 15.3. The number of benzene rings is 3. The van der Waals surface area contributed by atoms with Gasteiger partial charge in [-0.1, -0.05) is 93.9 Å². The first-order valence-electron chi connectivity index (χ1n) is 13.3. The lowest BCUT2D eigenvalue weighted by atomic mass is 9.92. The van der Waals surface area contributed by atoms with Crippen molar-refractivity contribution in [2.24, 2.45) is 4.99 Å². The second-order valence-corrected chi connectivity index (χ2v) is 10.6. The molecule has 1 heterocycles. The van der Waals surface area contributed by atoms with E-state index >= 15 is 0 Å². The van der Waals surface area contributed by atoms with E-state index < -0.39 is 0 Å². The molecule has 4 heteroatoms. The third-order valence-electron chi connectivity index (χ3n) is 6.78. The van der Waals surface area contributed by atoms with Crippen LogP contribution in [0.5, 0.6) is 0 Å². The molecule has 0 saturated heterocycles. The van der Waals surface area contributed by atoms with Crippen LogP contribution in [-0.4, -0.2) is 23.8 Å². The minimum atomic E-state index is 0.414. The van der Waals surface area contributed by atoms with Crippen LogP contribution in [0.4, 0.5) is 11.4 Å². The van der Waals surface area contributed by atoms with Crippen LogP contribution in [-0.2, 0) is 0 Å². The Labute approximate surface area is 223 Å². The van der Waals surface area contributed by atoms with Gasteiger partial charge in [-0.15, -0.1) is 0 Å². The van der Waals surface area contributed by atoms with Gasteiger partial charge in [0.2, 0.25) is 6.67 Å². The standard InChI is InChI=1S/C33H40N4/c1-23(2)29-14-11-15-30(24(3)4)31(29)35-33(28-12-9-8-10-13-28)34-16-17-36-18-19-37(22-36)32-26(6)20-25(5)21-27(32)7/h8-15,18-21,23-24H,16-17H2,1-7H3,(H,34,35). The van der Waals surface area contributed by atoms with Crippen molar-refractivity contribution >= 4 is 17.2 Å². The molecule has 4 rings (SSSR count). The molecule has 37 heavy (non-hydrogen) atoms. The topological polar surface area (TPSA) is 30.9 Å². The molecule has 0 bridgehead atoms. The summed E-state index contributed by atoms with van der Waals surface area (Å²) in [7, 11) is 0. The predicted octanol–water partition coefficient (Wildman–Crippen LogP) is 8.01. The molecular formula is C33H40N4. The van der Waals surface area contributed by atoms with Gasteiger partial charge in [0.1, 0.15) is 5.84 Å². The predicted molar refractivity (Wildman–Crippen MR) is 158 cm³/mol. The van der Waals surface area contributed by atoms with Gasteiger partial charge in [0.15, 0.2) is 0 Å². The minimum absolute atomic E-state index is 0.414. The zero-order chi connectivity index (χ0) is 26.5. The zero-order valence-electron chi connectivity index (χ0n) is 23.3. The lowest BCUT2D eigenvalue weighted by Gasteiger charge is -2.23. The van der Waals surface area contributed by atoms with Crippen LogP contribution in [0.3, 0.4) is 0 Å². The quantitative estimate of drug-likeness (QED) is 0.255. The van der Waals surface area contributed by atoms with Gasteiger partial charge in [0, 0.05) is 35.9 Å². The van der Waals surface area contributed by atoms with E-state index in [4.69, 9.17) is 4.99 Å². The number of aliphatic imine (C=N–C) groups is 1. The normalized spacial score (nSPS) is 13.8.